The van der Waals surface area contributed by atoms with Gasteiger partial charge < -0.3 is 10.2 Å². The van der Waals surface area contributed by atoms with Crippen molar-refractivity contribution in [1.29, 1.82) is 0 Å². The van der Waals surface area contributed by atoms with Crippen molar-refractivity contribution in [3.05, 3.63) is 35.9 Å². The predicted octanol–water partition coefficient (Wildman–Crippen LogP) is 3.49. The van der Waals surface area contributed by atoms with Crippen LogP contribution in [0.15, 0.2) is 30.3 Å². The molecule has 2 N–H and O–H groups in total. The van der Waals surface area contributed by atoms with Crippen LogP contribution in [0.1, 0.15) is 56.9 Å². The van der Waals surface area contributed by atoms with Crippen molar-refractivity contribution in [2.75, 3.05) is 13.1 Å². The molecule has 0 atom stereocenters. The monoisotopic (exact) mass is 345 g/mol. The van der Waals surface area contributed by atoms with Crippen molar-refractivity contribution in [3.8, 4) is 0 Å². The Hall–Kier alpha value is -1.88. The number of likely N-dealkylation sites (tertiary alicyclic amines) is 1. The van der Waals surface area contributed by atoms with E-state index in [4.69, 9.17) is 0 Å². The van der Waals surface area contributed by atoms with Gasteiger partial charge in [0.15, 0.2) is 0 Å². The van der Waals surface area contributed by atoms with Gasteiger partial charge in [0.1, 0.15) is 0 Å². The van der Waals surface area contributed by atoms with Gasteiger partial charge in [0.2, 0.25) is 0 Å². The summed E-state index contributed by atoms with van der Waals surface area (Å²) in [4.78, 5) is 25.2. The van der Waals surface area contributed by atoms with Crippen molar-refractivity contribution >= 4 is 11.9 Å². The minimum Gasteiger partial charge on any atom is -0.481 e. The number of hydrogen-bond acceptors (Lipinski definition) is 3. The Morgan fingerprint density at radius 1 is 0.880 bits per heavy atom. The van der Waals surface area contributed by atoms with Gasteiger partial charge in [-0.05, 0) is 62.6 Å². The first-order chi connectivity index (χ1) is 12.0. The van der Waals surface area contributed by atoms with E-state index in [0.717, 1.165) is 25.9 Å². The number of hydrogen-bond donors (Lipinski definition) is 2. The Bertz CT molecular complexity index is 596. The zero-order chi connectivity index (χ0) is 17.9. The highest BCUT2D eigenvalue weighted by Gasteiger charge is 2.48. The molecule has 0 unspecified atom stereocenters. The van der Waals surface area contributed by atoms with Crippen molar-refractivity contribution in [2.24, 2.45) is 5.41 Å². The number of benzene rings is 1. The molecule has 2 fully saturated rings. The van der Waals surface area contributed by atoms with E-state index < -0.39 is 17.4 Å². The number of carboxylic acids is 2. The van der Waals surface area contributed by atoms with E-state index in [2.05, 4.69) is 29.2 Å². The molecule has 2 aliphatic rings. The summed E-state index contributed by atoms with van der Waals surface area (Å²) in [5.41, 5.74) is 0.602. The average Bonchev–Trinajstić information content (AvgIpc) is 3.10. The predicted molar refractivity (Wildman–Crippen MR) is 94.3 cm³/mol. The Balaban J connectivity index is 1.88. The number of nitrogens with zero attached hydrogens (tertiary/aromatic N) is 1. The quantitative estimate of drug-likeness (QED) is 0.825. The highest BCUT2D eigenvalue weighted by molar-refractivity contribution is 5.72. The first-order valence-corrected chi connectivity index (χ1v) is 9.20. The molecule has 25 heavy (non-hydrogen) atoms. The van der Waals surface area contributed by atoms with Crippen LogP contribution in [-0.2, 0) is 15.1 Å². The lowest BCUT2D eigenvalue weighted by Gasteiger charge is -2.50. The van der Waals surface area contributed by atoms with E-state index >= 15 is 0 Å². The van der Waals surface area contributed by atoms with Crippen LogP contribution in [0.3, 0.4) is 0 Å². The standard InChI is InChI=1S/C20H27NO4/c22-17(23)14-19(15-18(24)25)8-10-20(11-9-19,21-12-4-5-13-21)16-6-2-1-3-7-16/h1-3,6-7H,4-5,8-15H2,(H,22,23)(H,24,25). The van der Waals surface area contributed by atoms with Crippen LogP contribution in [0.4, 0.5) is 0 Å². The Morgan fingerprint density at radius 3 is 1.88 bits per heavy atom. The highest BCUT2D eigenvalue weighted by Crippen LogP contribution is 2.52. The van der Waals surface area contributed by atoms with Gasteiger partial charge in [-0.3, -0.25) is 14.5 Å². The molecule has 1 aliphatic carbocycles. The fourth-order valence-corrected chi connectivity index (χ4v) is 4.93. The molecule has 1 aromatic rings. The first kappa shape index (κ1) is 17.9. The second-order valence-electron chi connectivity index (χ2n) is 7.73. The minimum atomic E-state index is -0.894. The lowest BCUT2D eigenvalue weighted by atomic mass is 9.62. The van der Waals surface area contributed by atoms with Crippen molar-refractivity contribution in [3.63, 3.8) is 0 Å². The average molecular weight is 345 g/mol. The van der Waals surface area contributed by atoms with Gasteiger partial charge in [0.25, 0.3) is 0 Å². The maximum atomic E-state index is 11.3. The molecule has 5 heteroatoms. The Kier molecular flexibility index (Phi) is 5.13. The first-order valence-electron chi connectivity index (χ1n) is 9.20. The zero-order valence-corrected chi connectivity index (χ0v) is 14.6. The van der Waals surface area contributed by atoms with Crippen LogP contribution in [-0.4, -0.2) is 40.1 Å². The summed E-state index contributed by atoms with van der Waals surface area (Å²) in [6.07, 6.45) is 5.26. The van der Waals surface area contributed by atoms with E-state index in [-0.39, 0.29) is 18.4 Å². The molecule has 0 spiro atoms. The van der Waals surface area contributed by atoms with Crippen LogP contribution >= 0.6 is 0 Å². The van der Waals surface area contributed by atoms with Gasteiger partial charge in [0.05, 0.1) is 12.8 Å². The summed E-state index contributed by atoms with van der Waals surface area (Å²) in [5.74, 6) is -1.79. The van der Waals surface area contributed by atoms with Gasteiger partial charge in [-0.2, -0.15) is 0 Å². The largest absolute Gasteiger partial charge is 0.481 e. The molecule has 1 aromatic carbocycles. The third-order valence-corrected chi connectivity index (χ3v) is 6.21. The minimum absolute atomic E-state index is 0.0514. The van der Waals surface area contributed by atoms with Gasteiger partial charge in [-0.1, -0.05) is 30.3 Å². The molecule has 136 valence electrons. The van der Waals surface area contributed by atoms with E-state index in [1.807, 2.05) is 6.07 Å². The van der Waals surface area contributed by atoms with Crippen LogP contribution < -0.4 is 0 Å². The summed E-state index contributed by atoms with van der Waals surface area (Å²) in [6, 6.07) is 10.5. The Labute approximate surface area is 148 Å². The normalized spacial score (nSPS) is 22.6. The third kappa shape index (κ3) is 3.71. The van der Waals surface area contributed by atoms with E-state index in [1.165, 1.54) is 18.4 Å². The molecule has 1 heterocycles. The van der Waals surface area contributed by atoms with Gasteiger partial charge in [-0.25, -0.2) is 0 Å². The highest BCUT2D eigenvalue weighted by atomic mass is 16.4. The second kappa shape index (κ2) is 7.16. The molecule has 1 saturated heterocycles. The molecule has 1 aliphatic heterocycles. The fourth-order valence-electron chi connectivity index (χ4n) is 4.93. The van der Waals surface area contributed by atoms with Gasteiger partial charge in [0, 0.05) is 5.54 Å². The van der Waals surface area contributed by atoms with Gasteiger partial charge in [-0.15, -0.1) is 0 Å². The van der Waals surface area contributed by atoms with E-state index in [1.54, 1.807) is 0 Å². The summed E-state index contributed by atoms with van der Waals surface area (Å²) < 4.78 is 0. The summed E-state index contributed by atoms with van der Waals surface area (Å²) in [5, 5.41) is 18.6. The topological polar surface area (TPSA) is 77.8 Å². The van der Waals surface area contributed by atoms with Crippen LogP contribution in [0.5, 0.6) is 0 Å². The number of carbonyl (C=O) groups is 2. The maximum Gasteiger partial charge on any atom is 0.303 e. The fraction of sp³-hybridized carbons (Fsp3) is 0.600. The van der Waals surface area contributed by atoms with Crippen LogP contribution in [0.2, 0.25) is 0 Å². The third-order valence-electron chi connectivity index (χ3n) is 6.21. The molecule has 0 aromatic heterocycles. The van der Waals surface area contributed by atoms with Crippen molar-refractivity contribution in [1.82, 2.24) is 4.90 Å². The molecule has 3 rings (SSSR count). The van der Waals surface area contributed by atoms with Crippen molar-refractivity contribution in [2.45, 2.75) is 56.9 Å². The van der Waals surface area contributed by atoms with Crippen molar-refractivity contribution < 1.29 is 19.8 Å². The number of carboxylic acid groups (broad SMARTS) is 2. The molecule has 1 saturated carbocycles. The summed E-state index contributed by atoms with van der Waals surface area (Å²) in [7, 11) is 0. The number of aliphatic carboxylic acids is 2. The molecular weight excluding hydrogens is 318 g/mol. The van der Waals surface area contributed by atoms with Gasteiger partial charge >= 0.3 is 11.9 Å². The van der Waals surface area contributed by atoms with Crippen LogP contribution in [0, 0.1) is 5.41 Å². The SMILES string of the molecule is O=C(O)CC1(CC(=O)O)CCC(c2ccccc2)(N2CCCC2)CC1. The van der Waals surface area contributed by atoms with E-state index in [9.17, 15) is 19.8 Å². The maximum absolute atomic E-state index is 11.3. The molecule has 0 amide bonds. The zero-order valence-electron chi connectivity index (χ0n) is 14.6. The second-order valence-corrected chi connectivity index (χ2v) is 7.73. The molecule has 5 nitrogen and oxygen atoms in total. The molecule has 0 bridgehead atoms. The molecule has 0 radical (unpaired) electrons. The molecular formula is C20H27NO4. The van der Waals surface area contributed by atoms with Crippen LogP contribution in [0.25, 0.3) is 0 Å². The lowest BCUT2D eigenvalue weighted by Crippen LogP contribution is -2.49. The lowest BCUT2D eigenvalue weighted by molar-refractivity contribution is -0.146. The smallest absolute Gasteiger partial charge is 0.303 e. The number of rotatable bonds is 6. The van der Waals surface area contributed by atoms with E-state index in [0.29, 0.717) is 12.8 Å². The summed E-state index contributed by atoms with van der Waals surface area (Å²) in [6.45, 7) is 2.14. The Morgan fingerprint density at radius 2 is 1.40 bits per heavy atom. The summed E-state index contributed by atoms with van der Waals surface area (Å²) >= 11 is 0.